The molecule has 0 saturated heterocycles. The fourth-order valence-corrected chi connectivity index (χ4v) is 3.43. The van der Waals surface area contributed by atoms with Crippen molar-refractivity contribution in [1.29, 1.82) is 0 Å². The van der Waals surface area contributed by atoms with Crippen LogP contribution in [0.25, 0.3) is 0 Å². The maximum atomic E-state index is 13.2. The summed E-state index contributed by atoms with van der Waals surface area (Å²) in [6.07, 6.45) is 1.37. The number of carbonyl (C=O) groups is 2. The van der Waals surface area contributed by atoms with Crippen molar-refractivity contribution in [2.24, 2.45) is 0 Å². The Morgan fingerprint density at radius 1 is 0.968 bits per heavy atom. The Balaban J connectivity index is 2.22. The highest BCUT2D eigenvalue weighted by Crippen LogP contribution is 2.20. The van der Waals surface area contributed by atoms with Crippen LogP contribution in [0.2, 0.25) is 0 Å². The number of benzene rings is 2. The van der Waals surface area contributed by atoms with Gasteiger partial charge in [0.05, 0.1) is 0 Å². The fraction of sp³-hybridized carbons (Fsp3) is 0.462. The number of nitrogens with one attached hydrogen (secondary N) is 1. The smallest absolute Gasteiger partial charge is 0.261 e. The van der Waals surface area contributed by atoms with Gasteiger partial charge in [-0.3, -0.25) is 9.59 Å². The van der Waals surface area contributed by atoms with E-state index in [1.165, 1.54) is 0 Å². The van der Waals surface area contributed by atoms with Crippen molar-refractivity contribution in [3.63, 3.8) is 0 Å². The van der Waals surface area contributed by atoms with Crippen molar-refractivity contribution in [1.82, 2.24) is 10.2 Å². The molecule has 2 unspecified atom stereocenters. The lowest BCUT2D eigenvalue weighted by Crippen LogP contribution is -2.51. The van der Waals surface area contributed by atoms with Gasteiger partial charge in [0.2, 0.25) is 5.91 Å². The molecule has 0 radical (unpaired) electrons. The molecule has 0 aliphatic heterocycles. The third-order valence-corrected chi connectivity index (χ3v) is 5.54. The first-order valence-electron chi connectivity index (χ1n) is 11.1. The molecule has 0 heterocycles. The molecule has 168 valence electrons. The van der Waals surface area contributed by atoms with Crippen molar-refractivity contribution in [3.05, 3.63) is 64.7 Å². The third kappa shape index (κ3) is 7.12. The zero-order valence-corrected chi connectivity index (χ0v) is 19.7. The van der Waals surface area contributed by atoms with E-state index >= 15 is 0 Å². The molecule has 0 aliphatic carbocycles. The molecule has 2 rings (SSSR count). The maximum Gasteiger partial charge on any atom is 0.261 e. The van der Waals surface area contributed by atoms with Crippen LogP contribution in [-0.2, 0) is 16.1 Å². The van der Waals surface area contributed by atoms with Crippen LogP contribution >= 0.6 is 0 Å². The Kier molecular flexibility index (Phi) is 9.10. The predicted octanol–water partition coefficient (Wildman–Crippen LogP) is 4.71. The van der Waals surface area contributed by atoms with Gasteiger partial charge in [-0.15, -0.1) is 0 Å². The number of ether oxygens (including phenoxy) is 1. The van der Waals surface area contributed by atoms with E-state index in [9.17, 15) is 9.59 Å². The van der Waals surface area contributed by atoms with Crippen molar-refractivity contribution in [3.8, 4) is 5.75 Å². The highest BCUT2D eigenvalue weighted by Gasteiger charge is 2.29. The van der Waals surface area contributed by atoms with Gasteiger partial charge in [-0.1, -0.05) is 61.4 Å². The Labute approximate surface area is 186 Å². The monoisotopic (exact) mass is 424 g/mol. The van der Waals surface area contributed by atoms with Crippen molar-refractivity contribution < 1.29 is 14.3 Å². The molecule has 2 atom stereocenters. The van der Waals surface area contributed by atoms with Gasteiger partial charge in [-0.05, 0) is 57.7 Å². The Bertz CT molecular complexity index is 877. The number of rotatable bonds is 10. The average molecular weight is 425 g/mol. The lowest BCUT2D eigenvalue weighted by Gasteiger charge is -2.31. The van der Waals surface area contributed by atoms with Gasteiger partial charge in [0.15, 0.2) is 6.61 Å². The summed E-state index contributed by atoms with van der Waals surface area (Å²) in [5.41, 5.74) is 4.27. The predicted molar refractivity (Wildman–Crippen MR) is 125 cm³/mol. The van der Waals surface area contributed by atoms with Crippen LogP contribution in [0.4, 0.5) is 0 Å². The summed E-state index contributed by atoms with van der Waals surface area (Å²) >= 11 is 0. The normalized spacial score (nSPS) is 12.7. The largest absolute Gasteiger partial charge is 0.483 e. The van der Waals surface area contributed by atoms with Gasteiger partial charge < -0.3 is 15.0 Å². The second kappa shape index (κ2) is 11.5. The molecule has 0 spiro atoms. The van der Waals surface area contributed by atoms with Crippen LogP contribution in [-0.4, -0.2) is 35.4 Å². The summed E-state index contributed by atoms with van der Waals surface area (Å²) in [6.45, 7) is 12.2. The van der Waals surface area contributed by atoms with Crippen molar-refractivity contribution in [2.45, 2.75) is 73.0 Å². The SMILES string of the molecule is CCC(C)NC(=O)C(CC)N(Cc1ccc(C)cc1)C(=O)COc1ccc(C)cc1C. The molecule has 0 aromatic heterocycles. The van der Waals surface area contributed by atoms with E-state index < -0.39 is 6.04 Å². The van der Waals surface area contributed by atoms with Gasteiger partial charge in [0, 0.05) is 12.6 Å². The number of amides is 2. The number of carbonyl (C=O) groups excluding carboxylic acids is 2. The summed E-state index contributed by atoms with van der Waals surface area (Å²) in [7, 11) is 0. The molecule has 2 aromatic carbocycles. The zero-order chi connectivity index (χ0) is 23.0. The molecule has 1 N–H and O–H groups in total. The highest BCUT2D eigenvalue weighted by atomic mass is 16.5. The van der Waals surface area contributed by atoms with Gasteiger partial charge in [-0.2, -0.15) is 0 Å². The van der Waals surface area contributed by atoms with Crippen molar-refractivity contribution in [2.75, 3.05) is 6.61 Å². The fourth-order valence-electron chi connectivity index (χ4n) is 3.43. The van der Waals surface area contributed by atoms with E-state index in [1.807, 2.05) is 84.0 Å². The van der Waals surface area contributed by atoms with Gasteiger partial charge in [-0.25, -0.2) is 0 Å². The van der Waals surface area contributed by atoms with Crippen LogP contribution in [0.5, 0.6) is 5.75 Å². The standard InChI is InChI=1S/C26H36N2O3/c1-7-21(6)27-26(30)23(8-2)28(16-22-12-9-18(3)10-13-22)25(29)17-31-24-14-11-19(4)15-20(24)5/h9-15,21,23H,7-8,16-17H2,1-6H3,(H,27,30). The van der Waals surface area contributed by atoms with Crippen LogP contribution in [0.15, 0.2) is 42.5 Å². The van der Waals surface area contributed by atoms with Gasteiger partial charge >= 0.3 is 0 Å². The molecular weight excluding hydrogens is 388 g/mol. The molecule has 0 bridgehead atoms. The van der Waals surface area contributed by atoms with Crippen LogP contribution in [0, 0.1) is 20.8 Å². The Morgan fingerprint density at radius 2 is 1.61 bits per heavy atom. The number of nitrogens with zero attached hydrogens (tertiary/aromatic N) is 1. The van der Waals surface area contributed by atoms with Crippen LogP contribution in [0.1, 0.15) is 55.9 Å². The summed E-state index contributed by atoms with van der Waals surface area (Å²) in [4.78, 5) is 27.8. The van der Waals surface area contributed by atoms with Crippen LogP contribution in [0.3, 0.4) is 0 Å². The highest BCUT2D eigenvalue weighted by molar-refractivity contribution is 5.88. The number of hydrogen-bond acceptors (Lipinski definition) is 3. The van der Waals surface area contributed by atoms with E-state index in [4.69, 9.17) is 4.74 Å². The lowest BCUT2D eigenvalue weighted by atomic mass is 10.1. The first kappa shape index (κ1) is 24.4. The molecule has 2 aromatic rings. The number of hydrogen-bond donors (Lipinski definition) is 1. The first-order chi connectivity index (χ1) is 14.7. The average Bonchev–Trinajstić information content (AvgIpc) is 2.74. The molecule has 0 saturated carbocycles. The van der Waals surface area contributed by atoms with Crippen molar-refractivity contribution >= 4 is 11.8 Å². The quantitative estimate of drug-likeness (QED) is 0.601. The van der Waals surface area contributed by atoms with E-state index in [2.05, 4.69) is 5.32 Å². The maximum absolute atomic E-state index is 13.2. The Morgan fingerprint density at radius 3 is 2.19 bits per heavy atom. The minimum absolute atomic E-state index is 0.0596. The molecule has 5 heteroatoms. The number of aryl methyl sites for hydroxylation is 3. The second-order valence-corrected chi connectivity index (χ2v) is 8.31. The summed E-state index contributed by atoms with van der Waals surface area (Å²) in [6, 6.07) is 13.4. The van der Waals surface area contributed by atoms with E-state index in [-0.39, 0.29) is 24.5 Å². The first-order valence-corrected chi connectivity index (χ1v) is 11.1. The van der Waals surface area contributed by atoms with Gasteiger partial charge in [0.25, 0.3) is 5.91 Å². The van der Waals surface area contributed by atoms with Crippen LogP contribution < -0.4 is 10.1 Å². The molecule has 0 aliphatic rings. The molecule has 31 heavy (non-hydrogen) atoms. The minimum atomic E-state index is -0.550. The summed E-state index contributed by atoms with van der Waals surface area (Å²) in [5.74, 6) is 0.363. The van der Waals surface area contributed by atoms with E-state index in [1.54, 1.807) is 4.90 Å². The van der Waals surface area contributed by atoms with E-state index in [0.29, 0.717) is 18.7 Å². The molecular formula is C26H36N2O3. The zero-order valence-electron chi connectivity index (χ0n) is 19.7. The lowest BCUT2D eigenvalue weighted by molar-refractivity contribution is -0.143. The summed E-state index contributed by atoms with van der Waals surface area (Å²) in [5, 5.41) is 3.03. The van der Waals surface area contributed by atoms with E-state index in [0.717, 1.165) is 28.7 Å². The molecule has 0 fully saturated rings. The molecule has 5 nitrogen and oxygen atoms in total. The Hall–Kier alpha value is -2.82. The third-order valence-electron chi connectivity index (χ3n) is 5.54. The summed E-state index contributed by atoms with van der Waals surface area (Å²) < 4.78 is 5.85. The minimum Gasteiger partial charge on any atom is -0.483 e. The van der Waals surface area contributed by atoms with Gasteiger partial charge in [0.1, 0.15) is 11.8 Å². The second-order valence-electron chi connectivity index (χ2n) is 8.31. The topological polar surface area (TPSA) is 58.6 Å². The molecule has 2 amide bonds.